The molecule has 21 heavy (non-hydrogen) atoms. The average Bonchev–Trinajstić information content (AvgIpc) is 2.89. The summed E-state index contributed by atoms with van der Waals surface area (Å²) >= 11 is 12.1. The Kier molecular flexibility index (Phi) is 4.17. The Morgan fingerprint density at radius 1 is 1.19 bits per heavy atom. The second kappa shape index (κ2) is 5.79. The van der Waals surface area contributed by atoms with Crippen LogP contribution in [0.2, 0.25) is 10.0 Å². The van der Waals surface area contributed by atoms with E-state index in [9.17, 15) is 5.11 Å². The van der Waals surface area contributed by atoms with Gasteiger partial charge in [-0.05, 0) is 49.8 Å². The first kappa shape index (κ1) is 15.1. The van der Waals surface area contributed by atoms with Gasteiger partial charge in [-0.3, -0.25) is 0 Å². The van der Waals surface area contributed by atoms with Crippen LogP contribution < -0.4 is 0 Å². The number of benzene rings is 1. The van der Waals surface area contributed by atoms with Crippen molar-refractivity contribution >= 4 is 28.9 Å². The van der Waals surface area contributed by atoms with Crippen LogP contribution >= 0.6 is 23.2 Å². The minimum absolute atomic E-state index is 0.0512. The predicted octanol–water partition coefficient (Wildman–Crippen LogP) is 4.41. The van der Waals surface area contributed by atoms with Crippen molar-refractivity contribution in [2.75, 3.05) is 0 Å². The third-order valence-electron chi connectivity index (χ3n) is 5.19. The van der Waals surface area contributed by atoms with Crippen LogP contribution in [0, 0.1) is 5.92 Å². The fourth-order valence-electron chi connectivity index (χ4n) is 3.82. The van der Waals surface area contributed by atoms with E-state index >= 15 is 0 Å². The molecule has 1 unspecified atom stereocenters. The maximum Gasteiger partial charge on any atom is 0.0718 e. The Balaban J connectivity index is 1.94. The fraction of sp³-hybridized carbons (Fsp3) is 0.562. The van der Waals surface area contributed by atoms with Crippen molar-refractivity contribution in [2.24, 2.45) is 11.1 Å². The van der Waals surface area contributed by atoms with Crippen LogP contribution in [-0.2, 0) is 5.41 Å². The van der Waals surface area contributed by atoms with Crippen LogP contribution in [-0.4, -0.2) is 22.1 Å². The molecule has 0 aliphatic heterocycles. The number of rotatable bonds is 3. The number of hydrogen-bond donors (Lipinski definition) is 2. The first-order valence-corrected chi connectivity index (χ1v) is 8.18. The molecule has 2 N–H and O–H groups in total. The first-order chi connectivity index (χ1) is 10.1. The van der Waals surface area contributed by atoms with Gasteiger partial charge in [-0.1, -0.05) is 40.8 Å². The summed E-state index contributed by atoms with van der Waals surface area (Å²) in [5, 5.41) is 24.5. The molecule has 0 amide bonds. The highest BCUT2D eigenvalue weighted by atomic mass is 35.5. The Bertz CT molecular complexity index is 569. The van der Waals surface area contributed by atoms with Crippen molar-refractivity contribution in [3.05, 3.63) is 33.8 Å². The van der Waals surface area contributed by atoms with Gasteiger partial charge < -0.3 is 10.3 Å². The molecule has 2 saturated carbocycles. The van der Waals surface area contributed by atoms with Gasteiger partial charge in [0.1, 0.15) is 0 Å². The lowest BCUT2D eigenvalue weighted by Crippen LogP contribution is -2.50. The number of aliphatic hydroxyl groups is 1. The van der Waals surface area contributed by atoms with Gasteiger partial charge in [0.2, 0.25) is 0 Å². The van der Waals surface area contributed by atoms with Gasteiger partial charge in [-0.15, -0.1) is 0 Å². The Morgan fingerprint density at radius 2 is 1.95 bits per heavy atom. The molecule has 0 aromatic heterocycles. The molecule has 0 bridgehead atoms. The van der Waals surface area contributed by atoms with Crippen molar-refractivity contribution in [1.29, 1.82) is 0 Å². The van der Waals surface area contributed by atoms with Crippen LogP contribution in [0.3, 0.4) is 0 Å². The van der Waals surface area contributed by atoms with Crippen LogP contribution in [0.4, 0.5) is 0 Å². The first-order valence-electron chi connectivity index (χ1n) is 7.43. The van der Waals surface area contributed by atoms with E-state index in [0.29, 0.717) is 10.0 Å². The molecule has 1 aromatic rings. The maximum atomic E-state index is 11.0. The van der Waals surface area contributed by atoms with E-state index in [-0.39, 0.29) is 11.3 Å². The zero-order valence-corrected chi connectivity index (χ0v) is 13.2. The summed E-state index contributed by atoms with van der Waals surface area (Å²) in [5.41, 5.74) is 1.49. The highest BCUT2D eigenvalue weighted by Crippen LogP contribution is 2.51. The number of halogens is 2. The highest BCUT2D eigenvalue weighted by molar-refractivity contribution is 6.42. The summed E-state index contributed by atoms with van der Waals surface area (Å²) in [6, 6.07) is 5.62. The van der Waals surface area contributed by atoms with Crippen molar-refractivity contribution in [2.45, 2.75) is 50.0 Å². The standard InChI is InChI=1S/C16H19Cl2NO2/c17-12-6-5-10(9-13(12)18)16(7-2-8-16)15(20)11-3-1-4-14(11)19-21/h5-6,9,11,15,20-21H,1-4,7-8H2/t11-,15?/m0/s1. The molecule has 2 atom stereocenters. The summed E-state index contributed by atoms with van der Waals surface area (Å²) in [7, 11) is 0. The summed E-state index contributed by atoms with van der Waals surface area (Å²) in [6.45, 7) is 0. The molecule has 0 spiro atoms. The largest absolute Gasteiger partial charge is 0.411 e. The lowest BCUT2D eigenvalue weighted by molar-refractivity contribution is 0.00422. The third-order valence-corrected chi connectivity index (χ3v) is 5.93. The topological polar surface area (TPSA) is 52.8 Å². The molecular weight excluding hydrogens is 309 g/mol. The molecular formula is C16H19Cl2NO2. The molecule has 0 radical (unpaired) electrons. The molecule has 0 heterocycles. The van der Waals surface area contributed by atoms with Gasteiger partial charge in [0, 0.05) is 11.3 Å². The number of hydrogen-bond acceptors (Lipinski definition) is 3. The Hall–Kier alpha value is -0.770. The van der Waals surface area contributed by atoms with Crippen LogP contribution in [0.5, 0.6) is 0 Å². The second-order valence-corrected chi connectivity index (χ2v) is 6.99. The Labute approximate surface area is 134 Å². The smallest absolute Gasteiger partial charge is 0.0718 e. The average molecular weight is 328 g/mol. The molecule has 2 fully saturated rings. The second-order valence-electron chi connectivity index (χ2n) is 6.17. The zero-order chi connectivity index (χ0) is 15.0. The van der Waals surface area contributed by atoms with E-state index < -0.39 is 6.10 Å². The van der Waals surface area contributed by atoms with Crippen LogP contribution in [0.25, 0.3) is 0 Å². The van der Waals surface area contributed by atoms with E-state index in [1.807, 2.05) is 12.1 Å². The van der Waals surface area contributed by atoms with Crippen molar-refractivity contribution in [3.63, 3.8) is 0 Å². The van der Waals surface area contributed by atoms with Crippen molar-refractivity contribution in [3.8, 4) is 0 Å². The molecule has 0 saturated heterocycles. The Morgan fingerprint density at radius 3 is 2.52 bits per heavy atom. The normalized spacial score (nSPS) is 27.6. The van der Waals surface area contributed by atoms with E-state index in [0.717, 1.165) is 49.8 Å². The molecule has 3 rings (SSSR count). The van der Waals surface area contributed by atoms with Gasteiger partial charge >= 0.3 is 0 Å². The molecule has 2 aliphatic rings. The zero-order valence-electron chi connectivity index (χ0n) is 11.7. The number of oxime groups is 1. The van der Waals surface area contributed by atoms with Gasteiger partial charge in [0.15, 0.2) is 0 Å². The molecule has 5 heteroatoms. The minimum atomic E-state index is -0.531. The van der Waals surface area contributed by atoms with E-state index in [2.05, 4.69) is 5.16 Å². The van der Waals surface area contributed by atoms with E-state index in [1.165, 1.54) is 0 Å². The highest BCUT2D eigenvalue weighted by Gasteiger charge is 2.49. The lowest BCUT2D eigenvalue weighted by Gasteiger charge is -2.48. The van der Waals surface area contributed by atoms with E-state index in [1.54, 1.807) is 6.07 Å². The molecule has 3 nitrogen and oxygen atoms in total. The maximum absolute atomic E-state index is 11.0. The fourth-order valence-corrected chi connectivity index (χ4v) is 4.12. The summed E-state index contributed by atoms with van der Waals surface area (Å²) in [5.74, 6) is -0.0512. The summed E-state index contributed by atoms with van der Waals surface area (Å²) in [6.07, 6.45) is 5.05. The quantitative estimate of drug-likeness (QED) is 0.638. The van der Waals surface area contributed by atoms with Crippen LogP contribution in [0.15, 0.2) is 23.4 Å². The summed E-state index contributed by atoms with van der Waals surface area (Å²) < 4.78 is 0. The minimum Gasteiger partial charge on any atom is -0.411 e. The van der Waals surface area contributed by atoms with Crippen molar-refractivity contribution in [1.82, 2.24) is 0 Å². The van der Waals surface area contributed by atoms with Gasteiger partial charge in [-0.2, -0.15) is 0 Å². The van der Waals surface area contributed by atoms with Gasteiger partial charge in [0.25, 0.3) is 0 Å². The van der Waals surface area contributed by atoms with Gasteiger partial charge in [-0.25, -0.2) is 0 Å². The third kappa shape index (κ3) is 2.45. The molecule has 114 valence electrons. The van der Waals surface area contributed by atoms with E-state index in [4.69, 9.17) is 28.4 Å². The summed E-state index contributed by atoms with van der Waals surface area (Å²) in [4.78, 5) is 0. The SMILES string of the molecule is ON=C1CCC[C@@H]1C(O)C1(c2ccc(Cl)c(Cl)c2)CCC1. The lowest BCUT2D eigenvalue weighted by atomic mass is 9.58. The van der Waals surface area contributed by atoms with Gasteiger partial charge in [0.05, 0.1) is 21.9 Å². The number of aliphatic hydroxyl groups excluding tert-OH is 1. The molecule has 1 aromatic carbocycles. The monoisotopic (exact) mass is 327 g/mol. The predicted molar refractivity (Wildman–Crippen MR) is 84.6 cm³/mol. The molecule has 2 aliphatic carbocycles. The number of nitrogens with zero attached hydrogens (tertiary/aromatic N) is 1. The van der Waals surface area contributed by atoms with Crippen molar-refractivity contribution < 1.29 is 10.3 Å². The van der Waals surface area contributed by atoms with Crippen LogP contribution in [0.1, 0.15) is 44.1 Å².